The van der Waals surface area contributed by atoms with Gasteiger partial charge in [-0.3, -0.25) is 0 Å². The van der Waals surface area contributed by atoms with Crippen LogP contribution in [0.5, 0.6) is 0 Å². The van der Waals surface area contributed by atoms with Gasteiger partial charge in [-0.2, -0.15) is 0 Å². The van der Waals surface area contributed by atoms with E-state index in [4.69, 9.17) is 0 Å². The van der Waals surface area contributed by atoms with Crippen LogP contribution in [0.25, 0.3) is 0 Å². The molecule has 3 heteroatoms. The first kappa shape index (κ1) is 9.19. The van der Waals surface area contributed by atoms with E-state index in [-0.39, 0.29) is 0 Å². The number of hydrogen-bond donors (Lipinski definition) is 2. The Hall–Kier alpha value is -0.380. The highest BCUT2D eigenvalue weighted by atomic mass is 32.1. The molecule has 0 aromatic carbocycles. The average Bonchev–Trinajstić information content (AvgIpc) is 2.70. The van der Waals surface area contributed by atoms with Crippen LogP contribution in [0.1, 0.15) is 17.2 Å². The zero-order valence-corrected chi connectivity index (χ0v) is 8.39. The predicted molar refractivity (Wildman–Crippen MR) is 55.1 cm³/mol. The minimum absolute atomic E-state index is 0.301. The zero-order chi connectivity index (χ0) is 9.10. The van der Waals surface area contributed by atoms with Crippen LogP contribution in [-0.2, 0) is 0 Å². The second-order valence-electron chi connectivity index (χ2n) is 3.56. The van der Waals surface area contributed by atoms with Crippen LogP contribution < -0.4 is 5.32 Å². The fourth-order valence-electron chi connectivity index (χ4n) is 1.99. The second-order valence-corrected chi connectivity index (χ2v) is 4.54. The lowest BCUT2D eigenvalue weighted by Gasteiger charge is -2.30. The summed E-state index contributed by atoms with van der Waals surface area (Å²) in [5.41, 5.74) is 0. The van der Waals surface area contributed by atoms with Gasteiger partial charge in [0.1, 0.15) is 0 Å². The lowest BCUT2D eigenvalue weighted by atomic mass is 9.86. The Labute approximate surface area is 82.6 Å². The standard InChI is InChI=1S/C10H15NOS/c12-7-8-6-11-4-3-9(8)10-2-1-5-13-10/h1-2,5,8-9,11-12H,3-4,6-7H2. The van der Waals surface area contributed by atoms with E-state index in [2.05, 4.69) is 22.8 Å². The van der Waals surface area contributed by atoms with Crippen molar-refractivity contribution in [3.05, 3.63) is 22.4 Å². The molecule has 0 saturated carbocycles. The summed E-state index contributed by atoms with van der Waals surface area (Å²) in [6.07, 6.45) is 1.16. The Morgan fingerprint density at radius 3 is 3.23 bits per heavy atom. The van der Waals surface area contributed by atoms with Gasteiger partial charge in [0, 0.05) is 29.9 Å². The van der Waals surface area contributed by atoms with Crippen LogP contribution in [-0.4, -0.2) is 24.8 Å². The molecule has 0 amide bonds. The van der Waals surface area contributed by atoms with E-state index < -0.39 is 0 Å². The van der Waals surface area contributed by atoms with E-state index in [1.165, 1.54) is 4.88 Å². The molecule has 2 unspecified atom stereocenters. The van der Waals surface area contributed by atoms with Crippen LogP contribution in [0.2, 0.25) is 0 Å². The van der Waals surface area contributed by atoms with Crippen molar-refractivity contribution in [2.24, 2.45) is 5.92 Å². The van der Waals surface area contributed by atoms with Crippen molar-refractivity contribution < 1.29 is 5.11 Å². The van der Waals surface area contributed by atoms with E-state index in [1.807, 2.05) is 11.3 Å². The highest BCUT2D eigenvalue weighted by molar-refractivity contribution is 7.10. The average molecular weight is 197 g/mol. The van der Waals surface area contributed by atoms with Gasteiger partial charge in [-0.15, -0.1) is 11.3 Å². The van der Waals surface area contributed by atoms with Gasteiger partial charge >= 0.3 is 0 Å². The molecule has 0 aliphatic carbocycles. The van der Waals surface area contributed by atoms with Crippen molar-refractivity contribution in [1.29, 1.82) is 0 Å². The summed E-state index contributed by atoms with van der Waals surface area (Å²) >= 11 is 1.81. The number of hydrogen-bond acceptors (Lipinski definition) is 3. The molecule has 1 fully saturated rings. The van der Waals surface area contributed by atoms with Crippen molar-refractivity contribution in [2.75, 3.05) is 19.7 Å². The summed E-state index contributed by atoms with van der Waals surface area (Å²) < 4.78 is 0. The number of piperidine rings is 1. The van der Waals surface area contributed by atoms with Crippen LogP contribution in [0.4, 0.5) is 0 Å². The first-order chi connectivity index (χ1) is 6.42. The molecular formula is C10H15NOS. The smallest absolute Gasteiger partial charge is 0.0477 e. The molecule has 2 N–H and O–H groups in total. The van der Waals surface area contributed by atoms with Crippen molar-refractivity contribution in [2.45, 2.75) is 12.3 Å². The summed E-state index contributed by atoms with van der Waals surface area (Å²) in [7, 11) is 0. The molecule has 1 aliphatic heterocycles. The fraction of sp³-hybridized carbons (Fsp3) is 0.600. The molecule has 1 aromatic rings. The van der Waals surface area contributed by atoms with Crippen molar-refractivity contribution in [3.8, 4) is 0 Å². The molecular weight excluding hydrogens is 182 g/mol. The molecule has 0 spiro atoms. The zero-order valence-electron chi connectivity index (χ0n) is 7.57. The van der Waals surface area contributed by atoms with E-state index in [0.29, 0.717) is 18.4 Å². The van der Waals surface area contributed by atoms with Gasteiger partial charge in [0.05, 0.1) is 0 Å². The molecule has 1 saturated heterocycles. The quantitative estimate of drug-likeness (QED) is 0.752. The third-order valence-electron chi connectivity index (χ3n) is 2.75. The van der Waals surface area contributed by atoms with Gasteiger partial charge in [0.15, 0.2) is 0 Å². The van der Waals surface area contributed by atoms with E-state index in [0.717, 1.165) is 19.5 Å². The predicted octanol–water partition coefficient (Wildman–Crippen LogP) is 1.43. The monoisotopic (exact) mass is 197 g/mol. The summed E-state index contributed by atoms with van der Waals surface area (Å²) in [5.74, 6) is 0.985. The van der Waals surface area contributed by atoms with Crippen molar-refractivity contribution in [1.82, 2.24) is 5.32 Å². The van der Waals surface area contributed by atoms with Crippen molar-refractivity contribution >= 4 is 11.3 Å². The summed E-state index contributed by atoms with van der Waals surface area (Å²) in [5, 5.41) is 14.7. The van der Waals surface area contributed by atoms with E-state index in [9.17, 15) is 5.11 Å². The van der Waals surface area contributed by atoms with Gasteiger partial charge in [0.25, 0.3) is 0 Å². The number of aliphatic hydroxyl groups excluding tert-OH is 1. The third kappa shape index (κ3) is 1.93. The Balaban J connectivity index is 2.11. The van der Waals surface area contributed by atoms with Gasteiger partial charge in [-0.05, 0) is 24.4 Å². The van der Waals surface area contributed by atoms with Crippen LogP contribution >= 0.6 is 11.3 Å². The number of aliphatic hydroxyl groups is 1. The highest BCUT2D eigenvalue weighted by Crippen LogP contribution is 2.32. The molecule has 2 nitrogen and oxygen atoms in total. The molecule has 72 valence electrons. The molecule has 0 radical (unpaired) electrons. The van der Waals surface area contributed by atoms with E-state index in [1.54, 1.807) is 0 Å². The van der Waals surface area contributed by atoms with Gasteiger partial charge in [-0.1, -0.05) is 6.07 Å². The molecule has 13 heavy (non-hydrogen) atoms. The fourth-order valence-corrected chi connectivity index (χ4v) is 2.95. The molecule has 2 atom stereocenters. The Bertz CT molecular complexity index is 247. The van der Waals surface area contributed by atoms with Gasteiger partial charge < -0.3 is 10.4 Å². The van der Waals surface area contributed by atoms with Gasteiger partial charge in [0.2, 0.25) is 0 Å². The number of thiophene rings is 1. The van der Waals surface area contributed by atoms with Crippen LogP contribution in [0, 0.1) is 5.92 Å². The maximum Gasteiger partial charge on any atom is 0.0477 e. The number of nitrogens with one attached hydrogen (secondary N) is 1. The molecule has 2 rings (SSSR count). The summed E-state index contributed by atoms with van der Waals surface area (Å²) in [4.78, 5) is 1.43. The first-order valence-corrected chi connectivity index (χ1v) is 5.64. The lowest BCUT2D eigenvalue weighted by molar-refractivity contribution is 0.180. The third-order valence-corrected chi connectivity index (χ3v) is 3.76. The molecule has 1 aromatic heterocycles. The first-order valence-electron chi connectivity index (χ1n) is 4.77. The highest BCUT2D eigenvalue weighted by Gasteiger charge is 2.25. The van der Waals surface area contributed by atoms with Crippen LogP contribution in [0.3, 0.4) is 0 Å². The maximum absolute atomic E-state index is 9.22. The second kappa shape index (κ2) is 4.22. The normalized spacial score (nSPS) is 29.0. The van der Waals surface area contributed by atoms with E-state index >= 15 is 0 Å². The number of rotatable bonds is 2. The SMILES string of the molecule is OCC1CNCCC1c1cccs1. The molecule has 1 aliphatic rings. The summed E-state index contributed by atoms with van der Waals surface area (Å²) in [6, 6.07) is 4.28. The van der Waals surface area contributed by atoms with Gasteiger partial charge in [-0.25, -0.2) is 0 Å². The molecule has 2 heterocycles. The van der Waals surface area contributed by atoms with Crippen LogP contribution in [0.15, 0.2) is 17.5 Å². The van der Waals surface area contributed by atoms with Crippen molar-refractivity contribution in [3.63, 3.8) is 0 Å². The Morgan fingerprint density at radius 1 is 1.62 bits per heavy atom. The lowest BCUT2D eigenvalue weighted by Crippen LogP contribution is -2.36. The minimum Gasteiger partial charge on any atom is -0.396 e. The minimum atomic E-state index is 0.301. The summed E-state index contributed by atoms with van der Waals surface area (Å²) in [6.45, 7) is 2.34. The largest absolute Gasteiger partial charge is 0.396 e. The Morgan fingerprint density at radius 2 is 2.54 bits per heavy atom. The Kier molecular flexibility index (Phi) is 2.98. The maximum atomic E-state index is 9.22. The topological polar surface area (TPSA) is 32.3 Å². The molecule has 0 bridgehead atoms.